The van der Waals surface area contributed by atoms with Gasteiger partial charge in [0, 0.05) is 42.4 Å². The number of benzene rings is 1. The van der Waals surface area contributed by atoms with E-state index in [4.69, 9.17) is 20.8 Å². The zero-order chi connectivity index (χ0) is 22.7. The van der Waals surface area contributed by atoms with Crippen molar-refractivity contribution < 1.29 is 19.1 Å². The van der Waals surface area contributed by atoms with E-state index in [1.165, 1.54) is 6.08 Å². The Kier molecular flexibility index (Phi) is 7.24. The molecule has 1 fully saturated rings. The molecule has 2 aromatic heterocycles. The number of anilines is 1. The number of carboxylic acids is 1. The van der Waals surface area contributed by atoms with Crippen LogP contribution in [0.2, 0.25) is 5.02 Å². The lowest BCUT2D eigenvalue weighted by Gasteiger charge is -2.26. The van der Waals surface area contributed by atoms with Gasteiger partial charge >= 0.3 is 5.97 Å². The first-order valence-electron chi connectivity index (χ1n) is 9.90. The molecule has 0 unspecified atom stereocenters. The first kappa shape index (κ1) is 22.9. The Balaban J connectivity index is 1.61. The van der Waals surface area contributed by atoms with E-state index in [1.54, 1.807) is 18.2 Å². The molecule has 0 spiro atoms. The predicted molar refractivity (Wildman–Crippen MR) is 127 cm³/mol. The molecule has 0 atom stereocenters. The van der Waals surface area contributed by atoms with E-state index in [0.29, 0.717) is 60.5 Å². The van der Waals surface area contributed by atoms with Crippen LogP contribution in [0.1, 0.15) is 12.7 Å². The Labute approximate surface area is 202 Å². The third-order valence-corrected chi connectivity index (χ3v) is 6.62. The smallest absolute Gasteiger partial charge is 0.342 e. The highest BCUT2D eigenvalue weighted by molar-refractivity contribution is 9.10. The van der Waals surface area contributed by atoms with Crippen LogP contribution >= 0.6 is 39.3 Å². The number of morpholine rings is 1. The standard InChI is InChI=1S/C21H20BrClN4O4S/c1-2-27-18(13-3-5-14(23)6-4-13)24-25-21(27)32-17(20(28)29)12-15-11-16(22)19(31-15)26-7-9-30-10-8-26/h3-6,11-12H,2,7-10H2,1H3,(H,28,29)/b17-12-. The first-order chi connectivity index (χ1) is 15.5. The number of thioether (sulfide) groups is 1. The summed E-state index contributed by atoms with van der Waals surface area (Å²) in [5, 5.41) is 19.4. The van der Waals surface area contributed by atoms with E-state index in [1.807, 2.05) is 23.6 Å². The van der Waals surface area contributed by atoms with Crippen LogP contribution in [0, 0.1) is 0 Å². The van der Waals surface area contributed by atoms with Gasteiger partial charge in [-0.2, -0.15) is 0 Å². The normalized spacial score (nSPS) is 14.7. The highest BCUT2D eigenvalue weighted by Crippen LogP contribution is 2.35. The molecule has 8 nitrogen and oxygen atoms in total. The van der Waals surface area contributed by atoms with Crippen LogP contribution in [0.3, 0.4) is 0 Å². The molecule has 11 heteroatoms. The second kappa shape index (κ2) is 10.1. The van der Waals surface area contributed by atoms with Crippen molar-refractivity contribution in [2.24, 2.45) is 0 Å². The maximum Gasteiger partial charge on any atom is 0.342 e. The second-order valence-electron chi connectivity index (χ2n) is 6.87. The van der Waals surface area contributed by atoms with Crippen molar-refractivity contribution in [2.45, 2.75) is 18.6 Å². The summed E-state index contributed by atoms with van der Waals surface area (Å²) >= 11 is 10.5. The molecule has 168 valence electrons. The summed E-state index contributed by atoms with van der Waals surface area (Å²) in [5.41, 5.74) is 0.849. The maximum atomic E-state index is 12.0. The predicted octanol–water partition coefficient (Wildman–Crippen LogP) is 5.03. The van der Waals surface area contributed by atoms with Gasteiger partial charge in [-0.05, 0) is 58.9 Å². The number of furan rings is 1. The summed E-state index contributed by atoms with van der Waals surface area (Å²) < 4.78 is 13.9. The summed E-state index contributed by atoms with van der Waals surface area (Å²) in [6.45, 7) is 5.20. The summed E-state index contributed by atoms with van der Waals surface area (Å²) in [6, 6.07) is 9.03. The molecule has 3 heterocycles. The van der Waals surface area contributed by atoms with Crippen LogP contribution in [0.5, 0.6) is 0 Å². The molecule has 4 rings (SSSR count). The van der Waals surface area contributed by atoms with Gasteiger partial charge in [0.1, 0.15) is 10.7 Å². The van der Waals surface area contributed by atoms with Crippen molar-refractivity contribution in [2.75, 3.05) is 31.2 Å². The van der Waals surface area contributed by atoms with Gasteiger partial charge in [-0.1, -0.05) is 11.6 Å². The third-order valence-electron chi connectivity index (χ3n) is 4.81. The Morgan fingerprint density at radius 3 is 2.66 bits per heavy atom. The Bertz CT molecular complexity index is 1140. The van der Waals surface area contributed by atoms with Gasteiger partial charge in [-0.25, -0.2) is 4.79 Å². The van der Waals surface area contributed by atoms with E-state index >= 15 is 0 Å². The number of ether oxygens (including phenoxy) is 1. The first-order valence-corrected chi connectivity index (χ1v) is 11.9. The largest absolute Gasteiger partial charge is 0.477 e. The fourth-order valence-electron chi connectivity index (χ4n) is 3.25. The number of nitrogens with zero attached hydrogens (tertiary/aromatic N) is 4. The molecular formula is C21H20BrClN4O4S. The molecule has 0 bridgehead atoms. The molecular weight excluding hydrogens is 520 g/mol. The van der Waals surface area contributed by atoms with Crippen LogP contribution in [0.15, 0.2) is 49.3 Å². The maximum absolute atomic E-state index is 12.0. The number of carboxylic acid groups (broad SMARTS) is 1. The number of rotatable bonds is 7. The van der Waals surface area contributed by atoms with Crippen molar-refractivity contribution in [1.29, 1.82) is 0 Å². The molecule has 0 amide bonds. The Hall–Kier alpha value is -2.27. The fraction of sp³-hybridized carbons (Fsp3) is 0.286. The molecule has 0 aliphatic carbocycles. The van der Waals surface area contributed by atoms with E-state index in [0.717, 1.165) is 21.8 Å². The van der Waals surface area contributed by atoms with E-state index in [9.17, 15) is 9.90 Å². The average Bonchev–Trinajstić information content (AvgIpc) is 3.37. The number of carbonyl (C=O) groups is 1. The monoisotopic (exact) mass is 538 g/mol. The molecule has 1 N–H and O–H groups in total. The fourth-order valence-corrected chi connectivity index (χ4v) is 4.80. The molecule has 1 aromatic carbocycles. The number of halogens is 2. The van der Waals surface area contributed by atoms with Gasteiger partial charge in [0.15, 0.2) is 11.0 Å². The van der Waals surface area contributed by atoms with Gasteiger partial charge in [0.25, 0.3) is 0 Å². The number of aromatic nitrogens is 3. The van der Waals surface area contributed by atoms with Gasteiger partial charge in [0.2, 0.25) is 5.88 Å². The van der Waals surface area contributed by atoms with E-state index in [2.05, 4.69) is 31.0 Å². The average molecular weight is 540 g/mol. The van der Waals surface area contributed by atoms with Crippen molar-refractivity contribution in [1.82, 2.24) is 14.8 Å². The highest BCUT2D eigenvalue weighted by Gasteiger charge is 2.21. The molecule has 3 aromatic rings. The quantitative estimate of drug-likeness (QED) is 0.330. The van der Waals surface area contributed by atoms with Gasteiger partial charge in [-0.15, -0.1) is 10.2 Å². The SMILES string of the molecule is CCn1c(S/C(=C\c2cc(Br)c(N3CCOCC3)o2)C(=O)O)nnc1-c1ccc(Cl)cc1. The van der Waals surface area contributed by atoms with Crippen molar-refractivity contribution in [3.05, 3.63) is 50.5 Å². The number of hydrogen-bond donors (Lipinski definition) is 1. The lowest BCUT2D eigenvalue weighted by atomic mass is 10.2. The molecule has 1 aliphatic rings. The molecule has 32 heavy (non-hydrogen) atoms. The molecule has 1 saturated heterocycles. The van der Waals surface area contributed by atoms with Crippen molar-refractivity contribution >= 4 is 57.2 Å². The summed E-state index contributed by atoms with van der Waals surface area (Å²) in [6.07, 6.45) is 1.50. The lowest BCUT2D eigenvalue weighted by Crippen LogP contribution is -2.36. The Morgan fingerprint density at radius 1 is 1.28 bits per heavy atom. The highest BCUT2D eigenvalue weighted by atomic mass is 79.9. The molecule has 0 saturated carbocycles. The van der Waals surface area contributed by atoms with Crippen LogP contribution in [-0.4, -0.2) is 52.1 Å². The summed E-state index contributed by atoms with van der Waals surface area (Å²) in [5.74, 6) is 0.667. The van der Waals surface area contributed by atoms with E-state index in [-0.39, 0.29) is 4.91 Å². The minimum absolute atomic E-state index is 0.0736. The van der Waals surface area contributed by atoms with Crippen LogP contribution < -0.4 is 4.90 Å². The lowest BCUT2D eigenvalue weighted by molar-refractivity contribution is -0.131. The van der Waals surface area contributed by atoms with Gasteiger partial charge in [-0.3, -0.25) is 0 Å². The summed E-state index contributed by atoms with van der Waals surface area (Å²) in [7, 11) is 0. The minimum atomic E-state index is -1.07. The van der Waals surface area contributed by atoms with E-state index < -0.39 is 5.97 Å². The molecule has 0 radical (unpaired) electrons. The minimum Gasteiger partial charge on any atom is -0.477 e. The van der Waals surface area contributed by atoms with Crippen molar-refractivity contribution in [3.63, 3.8) is 0 Å². The third kappa shape index (κ3) is 5.03. The van der Waals surface area contributed by atoms with Gasteiger partial charge in [0.05, 0.1) is 17.7 Å². The second-order valence-corrected chi connectivity index (χ2v) is 9.17. The van der Waals surface area contributed by atoms with Crippen LogP contribution in [0.4, 0.5) is 5.88 Å². The van der Waals surface area contributed by atoms with Crippen LogP contribution in [0.25, 0.3) is 17.5 Å². The molecule has 1 aliphatic heterocycles. The topological polar surface area (TPSA) is 93.6 Å². The van der Waals surface area contributed by atoms with Gasteiger partial charge < -0.3 is 23.7 Å². The summed E-state index contributed by atoms with van der Waals surface area (Å²) in [4.78, 5) is 14.1. The van der Waals surface area contributed by atoms with Crippen molar-refractivity contribution in [3.8, 4) is 11.4 Å². The number of hydrogen-bond acceptors (Lipinski definition) is 7. The Morgan fingerprint density at radius 2 is 2.00 bits per heavy atom. The zero-order valence-electron chi connectivity index (χ0n) is 17.1. The number of aliphatic carboxylic acids is 1. The zero-order valence-corrected chi connectivity index (χ0v) is 20.3. The van der Waals surface area contributed by atoms with Crippen LogP contribution in [-0.2, 0) is 16.1 Å².